The number of nitrogens with one attached hydrogen (secondary N) is 1. The van der Waals surface area contributed by atoms with E-state index in [1.807, 2.05) is 28.9 Å². The Morgan fingerprint density at radius 2 is 1.96 bits per heavy atom. The fraction of sp³-hybridized carbons (Fsp3) is 0.333. The molecule has 3 rings (SSSR count). The summed E-state index contributed by atoms with van der Waals surface area (Å²) in [5.41, 5.74) is 3.25. The van der Waals surface area contributed by atoms with Crippen LogP contribution >= 0.6 is 0 Å². The molecule has 3 aromatic rings. The third-order valence-corrected chi connectivity index (χ3v) is 4.63. The van der Waals surface area contributed by atoms with Crippen molar-refractivity contribution in [2.45, 2.75) is 32.0 Å². The molecule has 0 saturated carbocycles. The van der Waals surface area contributed by atoms with E-state index in [1.165, 1.54) is 11.1 Å². The van der Waals surface area contributed by atoms with Crippen LogP contribution in [0, 0.1) is 6.92 Å². The minimum absolute atomic E-state index is 0.107. The second-order valence-corrected chi connectivity index (χ2v) is 6.61. The zero-order valence-electron chi connectivity index (χ0n) is 15.7. The van der Waals surface area contributed by atoms with Gasteiger partial charge in [0.1, 0.15) is 18.4 Å². The molecule has 0 radical (unpaired) electrons. The Bertz CT molecular complexity index is 818. The van der Waals surface area contributed by atoms with Crippen molar-refractivity contribution in [2.75, 3.05) is 13.7 Å². The van der Waals surface area contributed by atoms with E-state index in [1.54, 1.807) is 19.8 Å². The van der Waals surface area contributed by atoms with Crippen molar-refractivity contribution in [1.82, 2.24) is 20.1 Å². The van der Waals surface area contributed by atoms with E-state index >= 15 is 0 Å². The Kier molecular flexibility index (Phi) is 6.57. The molecule has 0 aliphatic heterocycles. The van der Waals surface area contributed by atoms with Gasteiger partial charge in [-0.1, -0.05) is 42.0 Å². The second kappa shape index (κ2) is 9.30. The van der Waals surface area contributed by atoms with Gasteiger partial charge in [0.05, 0.1) is 13.2 Å². The number of aromatic nitrogens is 3. The van der Waals surface area contributed by atoms with Crippen LogP contribution in [0.3, 0.4) is 0 Å². The van der Waals surface area contributed by atoms with E-state index < -0.39 is 6.10 Å². The molecule has 6 nitrogen and oxygen atoms in total. The van der Waals surface area contributed by atoms with E-state index in [0.29, 0.717) is 6.54 Å². The summed E-state index contributed by atoms with van der Waals surface area (Å²) in [4.78, 5) is 3.99. The zero-order chi connectivity index (χ0) is 19.1. The average molecular weight is 366 g/mol. The number of benzene rings is 2. The average Bonchev–Trinajstić information content (AvgIpc) is 3.22. The zero-order valence-corrected chi connectivity index (χ0v) is 15.7. The number of aryl methyl sites for hydroxylation is 2. The number of aliphatic hydroxyl groups excluding tert-OH is 1. The van der Waals surface area contributed by atoms with Gasteiger partial charge in [0.2, 0.25) is 0 Å². The molecule has 2 atom stereocenters. The SMILES string of the molecule is COc1cccc([C@@H](O)CN[C@H](CCn2cncn2)c2ccc(C)cc2)c1. The first kappa shape index (κ1) is 19.1. The maximum atomic E-state index is 10.6. The summed E-state index contributed by atoms with van der Waals surface area (Å²) in [5.74, 6) is 0.743. The lowest BCUT2D eigenvalue weighted by Crippen LogP contribution is -2.27. The first-order valence-corrected chi connectivity index (χ1v) is 9.10. The standard InChI is InChI=1S/C21H26N4O2/c1-16-6-8-17(9-7-16)20(10-11-25-15-22-14-24-25)23-13-21(26)18-4-3-5-19(12-18)27-2/h3-9,12,14-15,20-21,23,26H,10-11,13H2,1-2H3/t20-,21+/m1/s1. The lowest BCUT2D eigenvalue weighted by molar-refractivity contribution is 0.168. The number of hydrogen-bond acceptors (Lipinski definition) is 5. The van der Waals surface area contributed by atoms with Gasteiger partial charge < -0.3 is 15.2 Å². The molecule has 1 aromatic heterocycles. The van der Waals surface area contributed by atoms with Gasteiger partial charge >= 0.3 is 0 Å². The van der Waals surface area contributed by atoms with Crippen LogP contribution in [0.5, 0.6) is 5.75 Å². The van der Waals surface area contributed by atoms with Gasteiger partial charge in [0, 0.05) is 19.1 Å². The van der Waals surface area contributed by atoms with Crippen LogP contribution in [0.2, 0.25) is 0 Å². The van der Waals surface area contributed by atoms with Gasteiger partial charge in [-0.15, -0.1) is 0 Å². The second-order valence-electron chi connectivity index (χ2n) is 6.61. The molecule has 0 aliphatic carbocycles. The van der Waals surface area contributed by atoms with Crippen molar-refractivity contribution in [1.29, 1.82) is 0 Å². The Morgan fingerprint density at radius 1 is 1.15 bits per heavy atom. The molecule has 0 fully saturated rings. The van der Waals surface area contributed by atoms with Crippen LogP contribution in [0.4, 0.5) is 0 Å². The highest BCUT2D eigenvalue weighted by atomic mass is 16.5. The number of aliphatic hydroxyl groups is 1. The summed E-state index contributed by atoms with van der Waals surface area (Å²) in [6, 6.07) is 16.1. The highest BCUT2D eigenvalue weighted by Crippen LogP contribution is 2.22. The molecule has 0 aliphatic rings. The van der Waals surface area contributed by atoms with Gasteiger partial charge in [-0.05, 0) is 36.6 Å². The fourth-order valence-electron chi connectivity index (χ4n) is 3.02. The Morgan fingerprint density at radius 3 is 2.67 bits per heavy atom. The minimum Gasteiger partial charge on any atom is -0.497 e. The highest BCUT2D eigenvalue weighted by molar-refractivity contribution is 5.30. The van der Waals surface area contributed by atoms with Gasteiger partial charge in [-0.2, -0.15) is 5.10 Å². The molecule has 2 aromatic carbocycles. The molecule has 6 heteroatoms. The molecule has 0 spiro atoms. The van der Waals surface area contributed by atoms with Gasteiger partial charge in [-0.3, -0.25) is 4.68 Å². The molecule has 2 N–H and O–H groups in total. The lowest BCUT2D eigenvalue weighted by atomic mass is 10.0. The maximum absolute atomic E-state index is 10.6. The lowest BCUT2D eigenvalue weighted by Gasteiger charge is -2.22. The predicted molar refractivity (Wildman–Crippen MR) is 105 cm³/mol. The van der Waals surface area contributed by atoms with Gasteiger partial charge in [-0.25, -0.2) is 4.98 Å². The van der Waals surface area contributed by atoms with Crippen LogP contribution < -0.4 is 10.1 Å². The molecule has 0 amide bonds. The van der Waals surface area contributed by atoms with Crippen molar-refractivity contribution in [3.63, 3.8) is 0 Å². The minimum atomic E-state index is -0.612. The summed E-state index contributed by atoms with van der Waals surface area (Å²) < 4.78 is 7.06. The van der Waals surface area contributed by atoms with Crippen LogP contribution in [-0.2, 0) is 6.54 Å². The van der Waals surface area contributed by atoms with E-state index in [0.717, 1.165) is 24.3 Å². The Balaban J connectivity index is 1.67. The summed E-state index contributed by atoms with van der Waals surface area (Å²) in [7, 11) is 1.63. The quantitative estimate of drug-likeness (QED) is 0.609. The van der Waals surface area contributed by atoms with Crippen molar-refractivity contribution < 1.29 is 9.84 Å². The fourth-order valence-corrected chi connectivity index (χ4v) is 3.02. The van der Waals surface area contributed by atoms with Crippen molar-refractivity contribution in [3.05, 3.63) is 77.9 Å². The maximum Gasteiger partial charge on any atom is 0.137 e. The third-order valence-electron chi connectivity index (χ3n) is 4.63. The molecule has 1 heterocycles. The smallest absolute Gasteiger partial charge is 0.137 e. The van der Waals surface area contributed by atoms with E-state index in [2.05, 4.69) is 46.6 Å². The number of hydrogen-bond donors (Lipinski definition) is 2. The van der Waals surface area contributed by atoms with Crippen LogP contribution in [0.25, 0.3) is 0 Å². The van der Waals surface area contributed by atoms with E-state index in [4.69, 9.17) is 4.74 Å². The summed E-state index contributed by atoms with van der Waals surface area (Å²) in [5, 5.41) is 18.3. The monoisotopic (exact) mass is 366 g/mol. The summed E-state index contributed by atoms with van der Waals surface area (Å²) in [6.45, 7) is 3.28. The van der Waals surface area contributed by atoms with Crippen LogP contribution in [-0.4, -0.2) is 33.5 Å². The molecule has 0 unspecified atom stereocenters. The van der Waals surface area contributed by atoms with Crippen LogP contribution in [0.1, 0.15) is 35.3 Å². The third kappa shape index (κ3) is 5.39. The van der Waals surface area contributed by atoms with Crippen molar-refractivity contribution >= 4 is 0 Å². The number of rotatable bonds is 9. The van der Waals surface area contributed by atoms with Crippen molar-refractivity contribution in [3.8, 4) is 5.75 Å². The first-order valence-electron chi connectivity index (χ1n) is 9.10. The molecular formula is C21H26N4O2. The van der Waals surface area contributed by atoms with Gasteiger partial charge in [0.15, 0.2) is 0 Å². The number of nitrogens with zero attached hydrogens (tertiary/aromatic N) is 3. The van der Waals surface area contributed by atoms with Crippen molar-refractivity contribution in [2.24, 2.45) is 0 Å². The Hall–Kier alpha value is -2.70. The molecule has 27 heavy (non-hydrogen) atoms. The molecule has 0 bridgehead atoms. The number of ether oxygens (including phenoxy) is 1. The molecular weight excluding hydrogens is 340 g/mol. The van der Waals surface area contributed by atoms with E-state index in [9.17, 15) is 5.11 Å². The number of methoxy groups -OCH3 is 1. The summed E-state index contributed by atoms with van der Waals surface area (Å²) >= 11 is 0. The summed E-state index contributed by atoms with van der Waals surface area (Å²) in [6.07, 6.45) is 3.49. The highest BCUT2D eigenvalue weighted by Gasteiger charge is 2.15. The predicted octanol–water partition coefficient (Wildman–Crippen LogP) is 3.05. The molecule has 142 valence electrons. The van der Waals surface area contributed by atoms with Gasteiger partial charge in [0.25, 0.3) is 0 Å². The van der Waals surface area contributed by atoms with Crippen LogP contribution in [0.15, 0.2) is 61.2 Å². The first-order chi connectivity index (χ1) is 13.2. The van der Waals surface area contributed by atoms with E-state index in [-0.39, 0.29) is 6.04 Å². The normalized spacial score (nSPS) is 13.3. The Labute approximate surface area is 159 Å². The molecule has 0 saturated heterocycles. The largest absolute Gasteiger partial charge is 0.497 e. The topological polar surface area (TPSA) is 72.2 Å².